The van der Waals surface area contributed by atoms with E-state index in [4.69, 9.17) is 15.4 Å². The second kappa shape index (κ2) is 6.59. The van der Waals surface area contributed by atoms with Crippen molar-refractivity contribution in [2.45, 2.75) is 25.4 Å². The fraction of sp³-hybridized carbons (Fsp3) is 0.538. The lowest BCUT2D eigenvalue weighted by atomic mass is 10.1. The van der Waals surface area contributed by atoms with Gasteiger partial charge in [-0.1, -0.05) is 12.1 Å². The van der Waals surface area contributed by atoms with Crippen LogP contribution in [0.25, 0.3) is 0 Å². The first kappa shape index (κ1) is 12.4. The van der Waals surface area contributed by atoms with Crippen LogP contribution >= 0.6 is 0 Å². The average molecular weight is 237 g/mol. The summed E-state index contributed by atoms with van der Waals surface area (Å²) in [6.45, 7) is 2.15. The van der Waals surface area contributed by atoms with Crippen molar-refractivity contribution < 1.29 is 14.3 Å². The highest BCUT2D eigenvalue weighted by molar-refractivity contribution is 5.27. The van der Waals surface area contributed by atoms with E-state index in [2.05, 4.69) is 4.84 Å². The minimum absolute atomic E-state index is 0.293. The molecule has 1 aliphatic rings. The molecule has 0 spiro atoms. The summed E-state index contributed by atoms with van der Waals surface area (Å²) < 4.78 is 11.2. The third kappa shape index (κ3) is 4.00. The maximum absolute atomic E-state index is 5.88. The molecule has 1 saturated heterocycles. The lowest BCUT2D eigenvalue weighted by Crippen LogP contribution is -2.25. The highest BCUT2D eigenvalue weighted by Crippen LogP contribution is 2.18. The van der Waals surface area contributed by atoms with Gasteiger partial charge in [-0.25, -0.2) is 5.90 Å². The van der Waals surface area contributed by atoms with Gasteiger partial charge in [-0.2, -0.15) is 0 Å². The molecule has 2 N–H and O–H groups in total. The average Bonchev–Trinajstić information content (AvgIpc) is 2.39. The third-order valence-corrected chi connectivity index (χ3v) is 2.90. The first-order chi connectivity index (χ1) is 8.38. The largest absolute Gasteiger partial charge is 0.490 e. The van der Waals surface area contributed by atoms with Crippen LogP contribution in [0.3, 0.4) is 0 Å². The molecule has 1 fully saturated rings. The fourth-order valence-electron chi connectivity index (χ4n) is 1.90. The van der Waals surface area contributed by atoms with Crippen LogP contribution in [0.15, 0.2) is 24.3 Å². The van der Waals surface area contributed by atoms with Crippen molar-refractivity contribution in [3.8, 4) is 5.75 Å². The molecule has 17 heavy (non-hydrogen) atoms. The minimum Gasteiger partial charge on any atom is -0.490 e. The molecule has 0 aliphatic carbocycles. The van der Waals surface area contributed by atoms with Crippen LogP contribution in [0.4, 0.5) is 0 Å². The van der Waals surface area contributed by atoms with Crippen molar-refractivity contribution in [2.75, 3.05) is 19.8 Å². The van der Waals surface area contributed by atoms with E-state index < -0.39 is 0 Å². The predicted octanol–water partition coefficient (Wildman–Crippen LogP) is 1.68. The molecular weight excluding hydrogens is 218 g/mol. The minimum atomic E-state index is 0.293. The van der Waals surface area contributed by atoms with Crippen LogP contribution in [-0.4, -0.2) is 25.9 Å². The van der Waals surface area contributed by atoms with Gasteiger partial charge in [0, 0.05) is 12.8 Å². The van der Waals surface area contributed by atoms with Crippen molar-refractivity contribution in [1.82, 2.24) is 0 Å². The van der Waals surface area contributed by atoms with Crippen molar-refractivity contribution in [3.05, 3.63) is 29.8 Å². The number of benzene rings is 1. The van der Waals surface area contributed by atoms with Gasteiger partial charge >= 0.3 is 0 Å². The zero-order valence-electron chi connectivity index (χ0n) is 9.93. The van der Waals surface area contributed by atoms with Gasteiger partial charge in [0.25, 0.3) is 0 Å². The Labute approximate surface area is 102 Å². The maximum atomic E-state index is 5.88. The lowest BCUT2D eigenvalue weighted by Gasteiger charge is -2.23. The monoisotopic (exact) mass is 237 g/mol. The van der Waals surface area contributed by atoms with Crippen LogP contribution in [0.5, 0.6) is 5.75 Å². The molecule has 4 nitrogen and oxygen atoms in total. The second-order valence-electron chi connectivity index (χ2n) is 4.19. The normalized spacial score (nSPS) is 17.0. The molecule has 1 aliphatic heterocycles. The summed E-state index contributed by atoms with van der Waals surface area (Å²) >= 11 is 0. The van der Waals surface area contributed by atoms with Crippen LogP contribution in [0, 0.1) is 0 Å². The zero-order valence-corrected chi connectivity index (χ0v) is 9.93. The van der Waals surface area contributed by atoms with E-state index in [-0.39, 0.29) is 0 Å². The summed E-state index contributed by atoms with van der Waals surface area (Å²) in [5.74, 6) is 5.92. The molecule has 0 bridgehead atoms. The Hall–Kier alpha value is -1.10. The number of rotatable bonds is 5. The van der Waals surface area contributed by atoms with E-state index in [1.807, 2.05) is 24.3 Å². The summed E-state index contributed by atoms with van der Waals surface area (Å²) in [6.07, 6.45) is 3.07. The molecule has 4 heteroatoms. The maximum Gasteiger partial charge on any atom is 0.119 e. The smallest absolute Gasteiger partial charge is 0.119 e. The number of hydrogen-bond acceptors (Lipinski definition) is 4. The Morgan fingerprint density at radius 1 is 1.18 bits per heavy atom. The Kier molecular flexibility index (Phi) is 4.79. The number of nitrogens with two attached hydrogens (primary N) is 1. The third-order valence-electron chi connectivity index (χ3n) is 2.90. The standard InChI is InChI=1S/C13H19NO3/c14-16-10-5-11-1-3-12(4-2-11)17-13-6-8-15-9-7-13/h1-4,13H,5-10,14H2. The van der Waals surface area contributed by atoms with E-state index in [1.165, 1.54) is 5.56 Å². The first-order valence-corrected chi connectivity index (χ1v) is 6.03. The summed E-state index contributed by atoms with van der Waals surface area (Å²) in [7, 11) is 0. The molecule has 0 radical (unpaired) electrons. The molecular formula is C13H19NO3. The molecule has 1 aromatic rings. The molecule has 0 unspecified atom stereocenters. The molecule has 2 rings (SSSR count). The van der Waals surface area contributed by atoms with E-state index in [9.17, 15) is 0 Å². The molecule has 94 valence electrons. The van der Waals surface area contributed by atoms with Crippen LogP contribution in [-0.2, 0) is 16.0 Å². The molecule has 0 amide bonds. The molecule has 0 aromatic heterocycles. The van der Waals surface area contributed by atoms with Gasteiger partial charge < -0.3 is 14.3 Å². The van der Waals surface area contributed by atoms with Crippen LogP contribution in [0.2, 0.25) is 0 Å². The van der Waals surface area contributed by atoms with Gasteiger partial charge in [-0.05, 0) is 24.1 Å². The first-order valence-electron chi connectivity index (χ1n) is 6.03. The van der Waals surface area contributed by atoms with Gasteiger partial charge in [0.1, 0.15) is 11.9 Å². The van der Waals surface area contributed by atoms with Crippen molar-refractivity contribution in [1.29, 1.82) is 0 Å². The Morgan fingerprint density at radius 2 is 1.88 bits per heavy atom. The second-order valence-corrected chi connectivity index (χ2v) is 4.19. The van der Waals surface area contributed by atoms with Gasteiger partial charge in [0.05, 0.1) is 19.8 Å². The Balaban J connectivity index is 1.84. The van der Waals surface area contributed by atoms with E-state index in [1.54, 1.807) is 0 Å². The molecule has 1 aromatic carbocycles. The topological polar surface area (TPSA) is 53.7 Å². The highest BCUT2D eigenvalue weighted by Gasteiger charge is 2.14. The van der Waals surface area contributed by atoms with E-state index in [0.29, 0.717) is 12.7 Å². The fourth-order valence-corrected chi connectivity index (χ4v) is 1.90. The SMILES string of the molecule is NOCCc1ccc(OC2CCOCC2)cc1. The van der Waals surface area contributed by atoms with Gasteiger partial charge in [0.15, 0.2) is 0 Å². The molecule has 0 atom stereocenters. The Morgan fingerprint density at radius 3 is 2.53 bits per heavy atom. The van der Waals surface area contributed by atoms with Crippen molar-refractivity contribution >= 4 is 0 Å². The number of hydrogen-bond donors (Lipinski definition) is 1. The lowest BCUT2D eigenvalue weighted by molar-refractivity contribution is 0.0255. The molecule has 0 saturated carbocycles. The zero-order chi connectivity index (χ0) is 11.9. The van der Waals surface area contributed by atoms with Gasteiger partial charge in [-0.3, -0.25) is 0 Å². The Bertz CT molecular complexity index is 320. The van der Waals surface area contributed by atoms with Gasteiger partial charge in [0.2, 0.25) is 0 Å². The summed E-state index contributed by atoms with van der Waals surface area (Å²) in [5, 5.41) is 0. The van der Waals surface area contributed by atoms with E-state index in [0.717, 1.165) is 38.2 Å². The highest BCUT2D eigenvalue weighted by atomic mass is 16.6. The summed E-state index contributed by atoms with van der Waals surface area (Å²) in [5.41, 5.74) is 1.20. The van der Waals surface area contributed by atoms with Crippen molar-refractivity contribution in [2.24, 2.45) is 5.90 Å². The van der Waals surface area contributed by atoms with Gasteiger partial charge in [-0.15, -0.1) is 0 Å². The van der Waals surface area contributed by atoms with Crippen LogP contribution < -0.4 is 10.6 Å². The quantitative estimate of drug-likeness (QED) is 0.792. The van der Waals surface area contributed by atoms with E-state index >= 15 is 0 Å². The molecule has 1 heterocycles. The summed E-state index contributed by atoms with van der Waals surface area (Å²) in [4.78, 5) is 4.55. The number of ether oxygens (including phenoxy) is 2. The van der Waals surface area contributed by atoms with Crippen LogP contribution in [0.1, 0.15) is 18.4 Å². The van der Waals surface area contributed by atoms with Crippen molar-refractivity contribution in [3.63, 3.8) is 0 Å². The summed E-state index contributed by atoms with van der Waals surface area (Å²) in [6, 6.07) is 8.10. The predicted molar refractivity (Wildman–Crippen MR) is 64.8 cm³/mol.